The third kappa shape index (κ3) is 2.68. The Labute approximate surface area is 137 Å². The van der Waals surface area contributed by atoms with E-state index in [-0.39, 0.29) is 6.04 Å². The predicted molar refractivity (Wildman–Crippen MR) is 94.2 cm³/mol. The minimum atomic E-state index is -0.00378. The van der Waals surface area contributed by atoms with Crippen molar-refractivity contribution in [3.05, 3.63) is 81.1 Å². The molecule has 4 heteroatoms. The fourth-order valence-electron chi connectivity index (χ4n) is 2.54. The Balaban J connectivity index is 2.21. The summed E-state index contributed by atoms with van der Waals surface area (Å²) in [4.78, 5) is 0. The van der Waals surface area contributed by atoms with Crippen molar-refractivity contribution in [2.75, 3.05) is 5.73 Å². The van der Waals surface area contributed by atoms with Gasteiger partial charge in [-0.15, -0.1) is 0 Å². The van der Waals surface area contributed by atoms with Gasteiger partial charge >= 0.3 is 0 Å². The highest BCUT2D eigenvalue weighted by atomic mass is 127. The average Bonchev–Trinajstić information content (AvgIpc) is 2.83. The first-order valence-electron chi connectivity index (χ1n) is 6.77. The monoisotopic (exact) mass is 389 g/mol. The molecule has 0 bridgehead atoms. The molecule has 2 aromatic carbocycles. The van der Waals surface area contributed by atoms with Gasteiger partial charge in [-0.2, -0.15) is 5.10 Å². The molecule has 1 heterocycles. The second kappa shape index (κ2) is 5.89. The number of halogens is 1. The molecule has 3 nitrogen and oxygen atoms in total. The van der Waals surface area contributed by atoms with Gasteiger partial charge < -0.3 is 5.73 Å². The van der Waals surface area contributed by atoms with Crippen molar-refractivity contribution in [1.29, 1.82) is 0 Å². The molecule has 1 aromatic heterocycles. The van der Waals surface area contributed by atoms with Crippen LogP contribution in [0.25, 0.3) is 0 Å². The summed E-state index contributed by atoms with van der Waals surface area (Å²) in [5.41, 5.74) is 9.85. The molecule has 0 aliphatic rings. The van der Waals surface area contributed by atoms with E-state index in [2.05, 4.69) is 71.0 Å². The van der Waals surface area contributed by atoms with Crippen molar-refractivity contribution in [2.45, 2.75) is 13.0 Å². The van der Waals surface area contributed by atoms with Crippen LogP contribution in [-0.2, 0) is 0 Å². The van der Waals surface area contributed by atoms with Crippen LogP contribution in [0.15, 0.2) is 60.8 Å². The fourth-order valence-corrected chi connectivity index (χ4v) is 2.91. The quantitative estimate of drug-likeness (QED) is 0.688. The van der Waals surface area contributed by atoms with Crippen molar-refractivity contribution >= 4 is 28.4 Å². The zero-order valence-corrected chi connectivity index (χ0v) is 13.9. The Hall–Kier alpha value is -1.82. The maximum Gasteiger partial charge on any atom is 0.136 e. The van der Waals surface area contributed by atoms with E-state index in [1.165, 1.54) is 16.7 Å². The fraction of sp³-hybridized carbons (Fsp3) is 0.118. The minimum absolute atomic E-state index is 0.00378. The molecule has 0 spiro atoms. The summed E-state index contributed by atoms with van der Waals surface area (Å²) in [6.45, 7) is 2.12. The lowest BCUT2D eigenvalue weighted by molar-refractivity contribution is 0.602. The highest BCUT2D eigenvalue weighted by Crippen LogP contribution is 2.31. The number of nitrogen functional groups attached to an aromatic ring is 1. The molecule has 3 rings (SSSR count). The van der Waals surface area contributed by atoms with Gasteiger partial charge in [0.15, 0.2) is 0 Å². The molecule has 0 radical (unpaired) electrons. The van der Waals surface area contributed by atoms with Crippen molar-refractivity contribution in [3.8, 4) is 0 Å². The Bertz CT molecular complexity index is 750. The molecule has 1 unspecified atom stereocenters. The SMILES string of the molecule is Cc1ccccc1C(c1ccccc1)n1ncc(I)c1N. The molecule has 21 heavy (non-hydrogen) atoms. The van der Waals surface area contributed by atoms with Gasteiger partial charge in [0.25, 0.3) is 0 Å². The van der Waals surface area contributed by atoms with Crippen LogP contribution in [0.3, 0.4) is 0 Å². The summed E-state index contributed by atoms with van der Waals surface area (Å²) in [5, 5.41) is 4.49. The van der Waals surface area contributed by atoms with Crippen LogP contribution in [0, 0.1) is 10.5 Å². The third-order valence-corrected chi connectivity index (χ3v) is 4.46. The lowest BCUT2D eigenvalue weighted by Gasteiger charge is -2.22. The molecule has 1 atom stereocenters. The van der Waals surface area contributed by atoms with Gasteiger partial charge in [0.2, 0.25) is 0 Å². The summed E-state index contributed by atoms with van der Waals surface area (Å²) in [6.07, 6.45) is 1.81. The van der Waals surface area contributed by atoms with Gasteiger partial charge in [0, 0.05) is 0 Å². The van der Waals surface area contributed by atoms with Crippen LogP contribution in [-0.4, -0.2) is 9.78 Å². The van der Waals surface area contributed by atoms with Gasteiger partial charge in [-0.05, 0) is 46.2 Å². The molecule has 0 aliphatic carbocycles. The molecule has 0 fully saturated rings. The van der Waals surface area contributed by atoms with Crippen LogP contribution in [0.5, 0.6) is 0 Å². The van der Waals surface area contributed by atoms with E-state index in [9.17, 15) is 0 Å². The minimum Gasteiger partial charge on any atom is -0.383 e. The normalized spacial score (nSPS) is 12.3. The molecular weight excluding hydrogens is 373 g/mol. The van der Waals surface area contributed by atoms with Crippen molar-refractivity contribution in [3.63, 3.8) is 0 Å². The van der Waals surface area contributed by atoms with Crippen LogP contribution in [0.4, 0.5) is 5.82 Å². The lowest BCUT2D eigenvalue weighted by Crippen LogP contribution is -2.17. The highest BCUT2D eigenvalue weighted by Gasteiger charge is 2.21. The molecule has 0 amide bonds. The molecular formula is C17H16IN3. The van der Waals surface area contributed by atoms with Gasteiger partial charge in [0.05, 0.1) is 9.77 Å². The molecule has 2 N–H and O–H groups in total. The Kier molecular flexibility index (Phi) is 3.96. The molecule has 0 saturated heterocycles. The summed E-state index contributed by atoms with van der Waals surface area (Å²) in [5.74, 6) is 0.702. The zero-order chi connectivity index (χ0) is 14.8. The van der Waals surface area contributed by atoms with E-state index in [1.807, 2.05) is 29.1 Å². The van der Waals surface area contributed by atoms with E-state index < -0.39 is 0 Å². The molecule has 0 saturated carbocycles. The summed E-state index contributed by atoms with van der Waals surface area (Å²) in [7, 11) is 0. The number of hydrogen-bond donors (Lipinski definition) is 1. The van der Waals surface area contributed by atoms with E-state index >= 15 is 0 Å². The largest absolute Gasteiger partial charge is 0.383 e. The van der Waals surface area contributed by atoms with Gasteiger partial charge in [0.1, 0.15) is 11.9 Å². The van der Waals surface area contributed by atoms with Gasteiger partial charge in [-0.25, -0.2) is 4.68 Å². The van der Waals surface area contributed by atoms with E-state index in [0.717, 1.165) is 3.57 Å². The smallest absolute Gasteiger partial charge is 0.136 e. The highest BCUT2D eigenvalue weighted by molar-refractivity contribution is 14.1. The average molecular weight is 389 g/mol. The Morgan fingerprint density at radius 2 is 1.71 bits per heavy atom. The number of hydrogen-bond acceptors (Lipinski definition) is 2. The summed E-state index contributed by atoms with van der Waals surface area (Å²) in [6, 6.07) is 18.7. The number of benzene rings is 2. The number of rotatable bonds is 3. The first-order chi connectivity index (χ1) is 10.2. The maximum absolute atomic E-state index is 6.22. The lowest BCUT2D eigenvalue weighted by atomic mass is 9.95. The van der Waals surface area contributed by atoms with E-state index in [4.69, 9.17) is 5.73 Å². The van der Waals surface area contributed by atoms with Crippen LogP contribution >= 0.6 is 22.6 Å². The summed E-state index contributed by atoms with van der Waals surface area (Å²) < 4.78 is 2.88. The van der Waals surface area contributed by atoms with E-state index in [1.54, 1.807) is 0 Å². The first-order valence-corrected chi connectivity index (χ1v) is 7.85. The van der Waals surface area contributed by atoms with Crippen molar-refractivity contribution < 1.29 is 0 Å². The van der Waals surface area contributed by atoms with Gasteiger partial charge in [-0.1, -0.05) is 54.6 Å². The first kappa shape index (κ1) is 14.1. The number of nitrogens with zero attached hydrogens (tertiary/aromatic N) is 2. The van der Waals surface area contributed by atoms with Crippen LogP contribution in [0.1, 0.15) is 22.7 Å². The Morgan fingerprint density at radius 1 is 1.05 bits per heavy atom. The van der Waals surface area contributed by atoms with Crippen molar-refractivity contribution in [2.24, 2.45) is 0 Å². The van der Waals surface area contributed by atoms with Crippen LogP contribution < -0.4 is 5.73 Å². The number of nitrogens with two attached hydrogens (primary N) is 1. The molecule has 106 valence electrons. The van der Waals surface area contributed by atoms with Crippen LogP contribution in [0.2, 0.25) is 0 Å². The maximum atomic E-state index is 6.22. The standard InChI is InChI=1S/C17H16IN3/c1-12-7-5-6-10-14(12)16(13-8-3-2-4-9-13)21-17(19)15(18)11-20-21/h2-11,16H,19H2,1H3. The number of aromatic nitrogens is 2. The van der Waals surface area contributed by atoms with E-state index in [0.29, 0.717) is 5.82 Å². The predicted octanol–water partition coefficient (Wildman–Crippen LogP) is 4.02. The zero-order valence-electron chi connectivity index (χ0n) is 11.7. The second-order valence-corrected chi connectivity index (χ2v) is 6.15. The topological polar surface area (TPSA) is 43.8 Å². The molecule has 3 aromatic rings. The molecule has 0 aliphatic heterocycles. The number of anilines is 1. The second-order valence-electron chi connectivity index (χ2n) is 4.99. The van der Waals surface area contributed by atoms with Crippen molar-refractivity contribution in [1.82, 2.24) is 9.78 Å². The Morgan fingerprint density at radius 3 is 2.33 bits per heavy atom. The number of aryl methyl sites for hydroxylation is 1. The summed E-state index contributed by atoms with van der Waals surface area (Å²) >= 11 is 2.22. The third-order valence-electron chi connectivity index (χ3n) is 3.63. The van der Waals surface area contributed by atoms with Gasteiger partial charge in [-0.3, -0.25) is 0 Å².